The van der Waals surface area contributed by atoms with Crippen molar-refractivity contribution in [1.82, 2.24) is 0 Å². The highest BCUT2D eigenvalue weighted by molar-refractivity contribution is 5.89. The van der Waals surface area contributed by atoms with Crippen LogP contribution in [0.15, 0.2) is 29.3 Å². The average molecular weight is 221 g/mol. The summed E-state index contributed by atoms with van der Waals surface area (Å²) in [5.74, 6) is -0.773. The number of aliphatic carboxylic acids is 1. The van der Waals surface area contributed by atoms with Gasteiger partial charge in [0.1, 0.15) is 11.4 Å². The van der Waals surface area contributed by atoms with Crippen LogP contribution in [-0.4, -0.2) is 24.4 Å². The second-order valence-corrected chi connectivity index (χ2v) is 3.30. The van der Waals surface area contributed by atoms with Gasteiger partial charge in [0.2, 0.25) is 0 Å². The molecule has 4 heteroatoms. The van der Waals surface area contributed by atoms with E-state index in [9.17, 15) is 4.79 Å². The molecule has 0 aromatic heterocycles. The maximum Gasteiger partial charge on any atom is 0.311 e. The van der Waals surface area contributed by atoms with Crippen molar-refractivity contribution in [2.45, 2.75) is 13.3 Å². The second-order valence-electron chi connectivity index (χ2n) is 3.30. The van der Waals surface area contributed by atoms with Gasteiger partial charge in [-0.25, -0.2) is 0 Å². The minimum Gasteiger partial charge on any atom is -0.494 e. The highest BCUT2D eigenvalue weighted by atomic mass is 16.5. The molecule has 0 saturated heterocycles. The lowest BCUT2D eigenvalue weighted by Gasteiger charge is -2.05. The minimum atomic E-state index is -0.860. The van der Waals surface area contributed by atoms with Crippen LogP contribution in [0.1, 0.15) is 13.3 Å². The molecule has 0 radical (unpaired) electrons. The van der Waals surface area contributed by atoms with E-state index in [1.807, 2.05) is 19.1 Å². The van der Waals surface area contributed by atoms with Gasteiger partial charge in [-0.05, 0) is 18.6 Å². The maximum absolute atomic E-state index is 10.8. The largest absolute Gasteiger partial charge is 0.494 e. The number of para-hydroxylation sites is 2. The molecule has 1 unspecified atom stereocenters. The van der Waals surface area contributed by atoms with Gasteiger partial charge in [0.05, 0.1) is 13.0 Å². The molecule has 0 amide bonds. The van der Waals surface area contributed by atoms with E-state index in [0.717, 1.165) is 0 Å². The van der Waals surface area contributed by atoms with Crippen molar-refractivity contribution >= 4 is 17.9 Å². The van der Waals surface area contributed by atoms with E-state index in [0.29, 0.717) is 17.9 Å². The Morgan fingerprint density at radius 1 is 1.56 bits per heavy atom. The van der Waals surface area contributed by atoms with Gasteiger partial charge >= 0.3 is 5.97 Å². The molecule has 16 heavy (non-hydrogen) atoms. The zero-order valence-corrected chi connectivity index (χ0v) is 9.38. The third kappa shape index (κ3) is 3.08. The number of carboxylic acid groups (broad SMARTS) is 1. The predicted octanol–water partition coefficient (Wildman–Crippen LogP) is 2.51. The first kappa shape index (κ1) is 12.2. The number of nitrogens with zero attached hydrogens (tertiary/aromatic N) is 1. The Labute approximate surface area is 94.6 Å². The highest BCUT2D eigenvalue weighted by Crippen LogP contribution is 2.26. The van der Waals surface area contributed by atoms with Crippen LogP contribution in [0.2, 0.25) is 0 Å². The number of rotatable bonds is 5. The van der Waals surface area contributed by atoms with E-state index in [1.54, 1.807) is 19.2 Å². The summed E-state index contributed by atoms with van der Waals surface area (Å²) in [5.41, 5.74) is 0.643. The van der Waals surface area contributed by atoms with Crippen molar-refractivity contribution in [2.75, 3.05) is 7.11 Å². The third-order valence-electron chi connectivity index (χ3n) is 2.24. The van der Waals surface area contributed by atoms with Crippen molar-refractivity contribution in [1.29, 1.82) is 0 Å². The summed E-state index contributed by atoms with van der Waals surface area (Å²) in [6.07, 6.45) is 1.97. The first-order chi connectivity index (χ1) is 7.69. The van der Waals surface area contributed by atoms with E-state index in [2.05, 4.69) is 4.99 Å². The number of ether oxygens (including phenoxy) is 1. The van der Waals surface area contributed by atoms with Crippen LogP contribution >= 0.6 is 0 Å². The van der Waals surface area contributed by atoms with Gasteiger partial charge in [-0.1, -0.05) is 19.1 Å². The quantitative estimate of drug-likeness (QED) is 0.777. The van der Waals surface area contributed by atoms with Gasteiger partial charge in [-0.15, -0.1) is 0 Å². The van der Waals surface area contributed by atoms with Gasteiger partial charge in [0.25, 0.3) is 0 Å². The molecule has 1 aromatic carbocycles. The molecule has 0 spiro atoms. The molecule has 1 aromatic rings. The number of hydrogen-bond acceptors (Lipinski definition) is 3. The lowest BCUT2D eigenvalue weighted by Crippen LogP contribution is -2.13. The summed E-state index contributed by atoms with van der Waals surface area (Å²) in [6.45, 7) is 1.81. The van der Waals surface area contributed by atoms with Crippen LogP contribution in [0.5, 0.6) is 5.75 Å². The molecule has 0 saturated carbocycles. The van der Waals surface area contributed by atoms with Crippen molar-refractivity contribution in [3.05, 3.63) is 24.3 Å². The summed E-state index contributed by atoms with van der Waals surface area (Å²) in [5, 5.41) is 8.86. The smallest absolute Gasteiger partial charge is 0.311 e. The first-order valence-electron chi connectivity index (χ1n) is 5.09. The normalized spacial score (nSPS) is 12.6. The van der Waals surface area contributed by atoms with Crippen LogP contribution < -0.4 is 4.74 Å². The number of carboxylic acids is 1. The van der Waals surface area contributed by atoms with E-state index < -0.39 is 11.9 Å². The fourth-order valence-corrected chi connectivity index (χ4v) is 1.25. The minimum absolute atomic E-state index is 0.522. The van der Waals surface area contributed by atoms with Gasteiger partial charge in [-0.2, -0.15) is 0 Å². The average Bonchev–Trinajstić information content (AvgIpc) is 2.30. The van der Waals surface area contributed by atoms with Crippen LogP contribution in [0.4, 0.5) is 5.69 Å². The van der Waals surface area contributed by atoms with Gasteiger partial charge in [0.15, 0.2) is 0 Å². The van der Waals surface area contributed by atoms with E-state index in [-0.39, 0.29) is 0 Å². The molecule has 1 N–H and O–H groups in total. The number of benzene rings is 1. The fourth-order valence-electron chi connectivity index (χ4n) is 1.25. The third-order valence-corrected chi connectivity index (χ3v) is 2.24. The van der Waals surface area contributed by atoms with Crippen LogP contribution in [0.3, 0.4) is 0 Å². The number of hydrogen-bond donors (Lipinski definition) is 1. The molecular formula is C12H15NO3. The number of aliphatic imine (C=N–C) groups is 1. The summed E-state index contributed by atoms with van der Waals surface area (Å²) in [4.78, 5) is 14.9. The van der Waals surface area contributed by atoms with Gasteiger partial charge < -0.3 is 9.84 Å². The lowest BCUT2D eigenvalue weighted by atomic mass is 10.1. The molecule has 1 rings (SSSR count). The monoisotopic (exact) mass is 221 g/mol. The number of methoxy groups -OCH3 is 1. The van der Waals surface area contributed by atoms with Crippen LogP contribution in [0, 0.1) is 5.92 Å². The molecule has 4 nitrogen and oxygen atoms in total. The van der Waals surface area contributed by atoms with Crippen molar-refractivity contribution in [2.24, 2.45) is 10.9 Å². The number of carbonyl (C=O) groups is 1. The van der Waals surface area contributed by atoms with Gasteiger partial charge in [0, 0.05) is 6.21 Å². The molecule has 0 bridgehead atoms. The van der Waals surface area contributed by atoms with E-state index in [1.165, 1.54) is 6.21 Å². The summed E-state index contributed by atoms with van der Waals surface area (Å²) >= 11 is 0. The Kier molecular flexibility index (Phi) is 4.51. The molecular weight excluding hydrogens is 206 g/mol. The Morgan fingerprint density at radius 3 is 2.81 bits per heavy atom. The Bertz CT molecular complexity index is 388. The molecule has 1 atom stereocenters. The second kappa shape index (κ2) is 5.90. The molecule has 86 valence electrons. The van der Waals surface area contributed by atoms with E-state index in [4.69, 9.17) is 9.84 Å². The van der Waals surface area contributed by atoms with Gasteiger partial charge in [-0.3, -0.25) is 9.79 Å². The lowest BCUT2D eigenvalue weighted by molar-refractivity contribution is -0.139. The summed E-state index contributed by atoms with van der Waals surface area (Å²) in [7, 11) is 1.56. The summed E-state index contributed by atoms with van der Waals surface area (Å²) in [6, 6.07) is 7.24. The van der Waals surface area contributed by atoms with Crippen LogP contribution in [0.25, 0.3) is 0 Å². The molecule has 0 aliphatic carbocycles. The Morgan fingerprint density at radius 2 is 2.25 bits per heavy atom. The SMILES string of the molecule is CCC(C=Nc1ccccc1OC)C(=O)O. The Balaban J connectivity index is 2.86. The molecule has 0 aliphatic rings. The van der Waals surface area contributed by atoms with Crippen LogP contribution in [-0.2, 0) is 4.79 Å². The summed E-state index contributed by atoms with van der Waals surface area (Å²) < 4.78 is 5.11. The highest BCUT2D eigenvalue weighted by Gasteiger charge is 2.11. The van der Waals surface area contributed by atoms with Crippen molar-refractivity contribution < 1.29 is 14.6 Å². The fraction of sp³-hybridized carbons (Fsp3) is 0.333. The van der Waals surface area contributed by atoms with Crippen molar-refractivity contribution in [3.8, 4) is 5.75 Å². The molecule has 0 heterocycles. The molecule has 0 fully saturated rings. The van der Waals surface area contributed by atoms with E-state index >= 15 is 0 Å². The zero-order chi connectivity index (χ0) is 12.0. The first-order valence-corrected chi connectivity index (χ1v) is 5.09. The zero-order valence-electron chi connectivity index (χ0n) is 9.38. The maximum atomic E-state index is 10.8. The topological polar surface area (TPSA) is 58.9 Å². The van der Waals surface area contributed by atoms with Crippen molar-refractivity contribution in [3.63, 3.8) is 0 Å². The predicted molar refractivity (Wildman–Crippen MR) is 62.6 cm³/mol. The Hall–Kier alpha value is -1.84. The standard InChI is InChI=1S/C12H15NO3/c1-3-9(12(14)15)8-13-10-6-4-5-7-11(10)16-2/h4-9H,3H2,1-2H3,(H,14,15). The molecule has 0 aliphatic heterocycles.